The summed E-state index contributed by atoms with van der Waals surface area (Å²) in [6.07, 6.45) is 1.60. The molecule has 0 bridgehead atoms. The summed E-state index contributed by atoms with van der Waals surface area (Å²) >= 11 is 3.08. The summed E-state index contributed by atoms with van der Waals surface area (Å²) in [6, 6.07) is 9.59. The van der Waals surface area contributed by atoms with Crippen LogP contribution in [0.4, 0.5) is 4.39 Å². The number of benzene rings is 1. The van der Waals surface area contributed by atoms with Crippen LogP contribution < -0.4 is 11.2 Å². The lowest BCUT2D eigenvalue weighted by Gasteiger charge is -2.26. The summed E-state index contributed by atoms with van der Waals surface area (Å²) in [6.45, 7) is -0.257. The predicted octanol–water partition coefficient (Wildman–Crippen LogP) is 2.53. The van der Waals surface area contributed by atoms with E-state index < -0.39 is 29.8 Å². The maximum atomic E-state index is 13.7. The second-order valence-corrected chi connectivity index (χ2v) is 6.90. The quantitative estimate of drug-likeness (QED) is 0.790. The molecular weight excluding hydrogens is 395 g/mol. The summed E-state index contributed by atoms with van der Waals surface area (Å²) in [5, 5.41) is 0. The Morgan fingerprint density at radius 2 is 2.12 bits per heavy atom. The smallest absolute Gasteiger partial charge is 0.330 e. The van der Waals surface area contributed by atoms with Crippen molar-refractivity contribution in [2.24, 2.45) is 0 Å². The number of halogens is 2. The molecule has 2 aromatic rings. The molecule has 134 valence electrons. The Morgan fingerprint density at radius 1 is 1.36 bits per heavy atom. The molecule has 1 aliphatic heterocycles. The number of aromatic nitrogens is 2. The van der Waals surface area contributed by atoms with Crippen molar-refractivity contribution in [3.8, 4) is 0 Å². The average Bonchev–Trinajstić information content (AvgIpc) is 3.04. The van der Waals surface area contributed by atoms with Gasteiger partial charge in [-0.2, -0.15) is 0 Å². The molecular formula is C17H18BrFN2O4. The molecule has 6 nitrogen and oxygen atoms in total. The minimum Gasteiger partial charge on any atom is -0.374 e. The highest BCUT2D eigenvalue weighted by Crippen LogP contribution is 2.36. The number of hydrogen-bond donors (Lipinski definition) is 1. The third-order valence-corrected chi connectivity index (χ3v) is 4.75. The fourth-order valence-electron chi connectivity index (χ4n) is 2.84. The molecule has 1 saturated heterocycles. The molecule has 3 rings (SSSR count). The first-order chi connectivity index (χ1) is 12.0. The molecule has 0 spiro atoms. The summed E-state index contributed by atoms with van der Waals surface area (Å²) in [7, 11) is 0. The first-order valence-corrected chi connectivity index (χ1v) is 8.69. The van der Waals surface area contributed by atoms with Gasteiger partial charge in [0, 0.05) is 6.20 Å². The Hall–Kier alpha value is -1.77. The van der Waals surface area contributed by atoms with Gasteiger partial charge in [0.25, 0.3) is 5.56 Å². The van der Waals surface area contributed by atoms with Crippen molar-refractivity contribution in [2.45, 2.75) is 31.3 Å². The number of H-pyrrole nitrogens is 1. The van der Waals surface area contributed by atoms with Crippen LogP contribution in [0, 0.1) is 0 Å². The average molecular weight is 413 g/mol. The number of hydrogen-bond acceptors (Lipinski definition) is 4. The zero-order chi connectivity index (χ0) is 17.9. The van der Waals surface area contributed by atoms with E-state index in [2.05, 4.69) is 20.9 Å². The SMILES string of the molecule is O=c1[nH]c(=O)n(C2CC[C@@](CF)(COCc3ccccc3)O2)cc1Br. The van der Waals surface area contributed by atoms with Crippen LogP contribution in [0.15, 0.2) is 50.6 Å². The zero-order valence-electron chi connectivity index (χ0n) is 13.4. The van der Waals surface area contributed by atoms with Gasteiger partial charge in [-0.25, -0.2) is 9.18 Å². The lowest BCUT2D eigenvalue weighted by atomic mass is 10.0. The number of rotatable bonds is 6. The van der Waals surface area contributed by atoms with Crippen molar-refractivity contribution in [2.75, 3.05) is 13.3 Å². The van der Waals surface area contributed by atoms with Crippen molar-refractivity contribution < 1.29 is 13.9 Å². The van der Waals surface area contributed by atoms with E-state index in [1.807, 2.05) is 30.3 Å². The standard InChI is InChI=1S/C17H18BrFN2O4/c18-13-8-21(16(23)20-15(13)22)14-6-7-17(10-19,25-14)11-24-9-12-4-2-1-3-5-12/h1-5,8,14H,6-7,9-11H2,(H,20,22,23)/t14?,17-/m1/s1. The van der Waals surface area contributed by atoms with E-state index in [9.17, 15) is 14.0 Å². The van der Waals surface area contributed by atoms with Crippen molar-refractivity contribution >= 4 is 15.9 Å². The van der Waals surface area contributed by atoms with Crippen LogP contribution in [0.2, 0.25) is 0 Å². The number of nitrogens with zero attached hydrogens (tertiary/aromatic N) is 1. The Labute approximate surface area is 151 Å². The lowest BCUT2D eigenvalue weighted by molar-refractivity contribution is -0.125. The summed E-state index contributed by atoms with van der Waals surface area (Å²) in [5.74, 6) is 0. The second kappa shape index (κ2) is 7.63. The Balaban J connectivity index is 1.67. The molecule has 2 heterocycles. The number of alkyl halides is 1. The fourth-order valence-corrected chi connectivity index (χ4v) is 3.16. The van der Waals surface area contributed by atoms with Crippen molar-refractivity contribution in [1.82, 2.24) is 9.55 Å². The van der Waals surface area contributed by atoms with E-state index in [0.717, 1.165) is 5.56 Å². The van der Waals surface area contributed by atoms with Crippen LogP contribution in [0.5, 0.6) is 0 Å². The molecule has 0 amide bonds. The van der Waals surface area contributed by atoms with Gasteiger partial charge >= 0.3 is 5.69 Å². The van der Waals surface area contributed by atoms with Gasteiger partial charge in [0.2, 0.25) is 0 Å². The van der Waals surface area contributed by atoms with Gasteiger partial charge < -0.3 is 9.47 Å². The topological polar surface area (TPSA) is 73.3 Å². The van der Waals surface area contributed by atoms with E-state index in [-0.39, 0.29) is 11.1 Å². The first kappa shape index (κ1) is 18.0. The molecule has 1 N–H and O–H groups in total. The molecule has 1 aromatic carbocycles. The number of ether oxygens (including phenoxy) is 2. The largest absolute Gasteiger partial charge is 0.374 e. The highest BCUT2D eigenvalue weighted by molar-refractivity contribution is 9.10. The molecule has 1 fully saturated rings. The molecule has 0 radical (unpaired) electrons. The van der Waals surface area contributed by atoms with Crippen LogP contribution >= 0.6 is 15.9 Å². The van der Waals surface area contributed by atoms with Crippen LogP contribution in [-0.2, 0) is 16.1 Å². The molecule has 2 atom stereocenters. The minimum absolute atomic E-state index is 0.0914. The highest BCUT2D eigenvalue weighted by atomic mass is 79.9. The third kappa shape index (κ3) is 4.08. The van der Waals surface area contributed by atoms with Crippen molar-refractivity contribution in [3.05, 3.63) is 67.4 Å². The monoisotopic (exact) mass is 412 g/mol. The third-order valence-electron chi connectivity index (χ3n) is 4.19. The number of nitrogens with one attached hydrogen (secondary N) is 1. The maximum absolute atomic E-state index is 13.7. The van der Waals surface area contributed by atoms with Gasteiger partial charge in [-0.3, -0.25) is 14.3 Å². The van der Waals surface area contributed by atoms with Gasteiger partial charge in [0.05, 0.1) is 17.7 Å². The minimum atomic E-state index is -1.08. The van der Waals surface area contributed by atoms with Crippen LogP contribution in [0.25, 0.3) is 0 Å². The number of aromatic amines is 1. The maximum Gasteiger partial charge on any atom is 0.330 e. The first-order valence-electron chi connectivity index (χ1n) is 7.89. The Kier molecular flexibility index (Phi) is 5.51. The van der Waals surface area contributed by atoms with E-state index in [4.69, 9.17) is 9.47 Å². The lowest BCUT2D eigenvalue weighted by Crippen LogP contribution is -2.39. The molecule has 1 unspecified atom stereocenters. The predicted molar refractivity (Wildman–Crippen MR) is 93.2 cm³/mol. The van der Waals surface area contributed by atoms with Gasteiger partial charge in [0.1, 0.15) is 18.5 Å². The normalized spacial score (nSPS) is 23.0. The molecule has 0 saturated carbocycles. The molecule has 1 aliphatic rings. The van der Waals surface area contributed by atoms with E-state index in [1.165, 1.54) is 10.8 Å². The Bertz CT molecular complexity index is 839. The van der Waals surface area contributed by atoms with Crippen molar-refractivity contribution in [1.29, 1.82) is 0 Å². The summed E-state index contributed by atoms with van der Waals surface area (Å²) in [4.78, 5) is 25.6. The van der Waals surface area contributed by atoms with Gasteiger partial charge in [0.15, 0.2) is 0 Å². The molecule has 1 aromatic heterocycles. The summed E-state index contributed by atoms with van der Waals surface area (Å²) in [5.41, 5.74) is -1.19. The second-order valence-electron chi connectivity index (χ2n) is 6.05. The highest BCUT2D eigenvalue weighted by Gasteiger charge is 2.42. The molecule has 0 aliphatic carbocycles. The Morgan fingerprint density at radius 3 is 2.84 bits per heavy atom. The summed E-state index contributed by atoms with van der Waals surface area (Å²) < 4.78 is 26.6. The zero-order valence-corrected chi connectivity index (χ0v) is 15.0. The van der Waals surface area contributed by atoms with Crippen LogP contribution in [0.3, 0.4) is 0 Å². The molecule has 8 heteroatoms. The van der Waals surface area contributed by atoms with E-state index in [0.29, 0.717) is 19.4 Å². The van der Waals surface area contributed by atoms with Crippen LogP contribution in [0.1, 0.15) is 24.6 Å². The fraction of sp³-hybridized carbons (Fsp3) is 0.412. The van der Waals surface area contributed by atoms with E-state index in [1.54, 1.807) is 0 Å². The molecule has 25 heavy (non-hydrogen) atoms. The van der Waals surface area contributed by atoms with Crippen LogP contribution in [-0.4, -0.2) is 28.4 Å². The van der Waals surface area contributed by atoms with Gasteiger partial charge in [-0.1, -0.05) is 30.3 Å². The van der Waals surface area contributed by atoms with Gasteiger partial charge in [-0.15, -0.1) is 0 Å². The van der Waals surface area contributed by atoms with Crippen molar-refractivity contribution in [3.63, 3.8) is 0 Å². The van der Waals surface area contributed by atoms with E-state index >= 15 is 0 Å². The van der Waals surface area contributed by atoms with Gasteiger partial charge in [-0.05, 0) is 34.3 Å².